The van der Waals surface area contributed by atoms with E-state index >= 15 is 0 Å². The van der Waals surface area contributed by atoms with Gasteiger partial charge in [-0.3, -0.25) is 4.79 Å². The van der Waals surface area contributed by atoms with Crippen molar-refractivity contribution in [2.24, 2.45) is 5.92 Å². The van der Waals surface area contributed by atoms with Gasteiger partial charge in [-0.25, -0.2) is 0 Å². The summed E-state index contributed by atoms with van der Waals surface area (Å²) in [5.41, 5.74) is 0. The van der Waals surface area contributed by atoms with Gasteiger partial charge in [-0.1, -0.05) is 13.8 Å². The van der Waals surface area contributed by atoms with Gasteiger partial charge in [0.1, 0.15) is 0 Å². The lowest BCUT2D eigenvalue weighted by Gasteiger charge is -2.16. The van der Waals surface area contributed by atoms with Crippen LogP contribution in [0.15, 0.2) is 0 Å². The van der Waals surface area contributed by atoms with E-state index in [1.165, 1.54) is 0 Å². The summed E-state index contributed by atoms with van der Waals surface area (Å²) in [7, 11) is 0. The topological polar surface area (TPSA) is 40.5 Å². The number of carbonyl (C=O) groups excluding carboxylic acids is 1. The molecule has 1 rings (SSSR count). The molecule has 1 atom stereocenters. The quantitative estimate of drug-likeness (QED) is 0.662. The first-order valence-electron chi connectivity index (χ1n) is 4.55. The van der Waals surface area contributed by atoms with E-state index in [0.717, 1.165) is 13.0 Å². The molecule has 1 aliphatic heterocycles. The molecule has 0 saturated carbocycles. The number of hydrogen-bond donors (Lipinski definition) is 1. The van der Waals surface area contributed by atoms with Crippen LogP contribution in [-0.4, -0.2) is 35.1 Å². The lowest BCUT2D eigenvalue weighted by molar-refractivity contribution is -0.131. The van der Waals surface area contributed by atoms with Gasteiger partial charge in [-0.15, -0.1) is 0 Å². The van der Waals surface area contributed by atoms with Crippen LogP contribution in [0, 0.1) is 5.92 Å². The summed E-state index contributed by atoms with van der Waals surface area (Å²) < 4.78 is 0. The number of aliphatic hydroxyl groups is 1. The van der Waals surface area contributed by atoms with Gasteiger partial charge in [-0.2, -0.15) is 0 Å². The lowest BCUT2D eigenvalue weighted by atomic mass is 10.1. The summed E-state index contributed by atoms with van der Waals surface area (Å²) in [6, 6.07) is 0. The van der Waals surface area contributed by atoms with Crippen molar-refractivity contribution in [2.45, 2.75) is 32.8 Å². The molecule has 3 heteroatoms. The maximum atomic E-state index is 11.4. The number of hydrogen-bond acceptors (Lipinski definition) is 2. The molecule has 1 amide bonds. The molecule has 0 radical (unpaired) electrons. The molecule has 1 saturated heterocycles. The first-order valence-corrected chi connectivity index (χ1v) is 4.55. The zero-order chi connectivity index (χ0) is 9.14. The Morgan fingerprint density at radius 2 is 2.33 bits per heavy atom. The first-order chi connectivity index (χ1) is 5.59. The van der Waals surface area contributed by atoms with Crippen LogP contribution in [0.25, 0.3) is 0 Å². The van der Waals surface area contributed by atoms with Crippen LogP contribution in [-0.2, 0) is 4.79 Å². The van der Waals surface area contributed by atoms with E-state index in [1.807, 2.05) is 13.8 Å². The Balaban J connectivity index is 2.33. The third-order valence-electron chi connectivity index (χ3n) is 2.10. The van der Waals surface area contributed by atoms with Crippen LogP contribution < -0.4 is 0 Å². The second-order valence-electron chi connectivity index (χ2n) is 3.88. The highest BCUT2D eigenvalue weighted by Gasteiger charge is 2.24. The van der Waals surface area contributed by atoms with Crippen molar-refractivity contribution in [1.29, 1.82) is 0 Å². The molecule has 1 N–H and O–H groups in total. The lowest BCUT2D eigenvalue weighted by Crippen LogP contribution is -2.30. The Morgan fingerprint density at radius 3 is 2.75 bits per heavy atom. The molecule has 3 nitrogen and oxygen atoms in total. The molecular weight excluding hydrogens is 154 g/mol. The third kappa shape index (κ3) is 2.48. The van der Waals surface area contributed by atoms with Crippen molar-refractivity contribution in [1.82, 2.24) is 4.90 Å². The predicted molar refractivity (Wildman–Crippen MR) is 46.7 cm³/mol. The largest absolute Gasteiger partial charge is 0.391 e. The summed E-state index contributed by atoms with van der Waals surface area (Å²) in [6.45, 7) is 5.33. The highest BCUT2D eigenvalue weighted by Crippen LogP contribution is 2.12. The van der Waals surface area contributed by atoms with E-state index in [2.05, 4.69) is 0 Å². The molecule has 0 aromatic carbocycles. The number of carbonyl (C=O) groups is 1. The number of amides is 1. The smallest absolute Gasteiger partial charge is 0.222 e. The molecule has 0 aromatic heterocycles. The molecule has 0 aliphatic carbocycles. The van der Waals surface area contributed by atoms with Gasteiger partial charge >= 0.3 is 0 Å². The number of aliphatic hydroxyl groups excluding tert-OH is 1. The minimum Gasteiger partial charge on any atom is -0.391 e. The molecule has 12 heavy (non-hydrogen) atoms. The average Bonchev–Trinajstić information content (AvgIpc) is 2.34. The van der Waals surface area contributed by atoms with Crippen molar-refractivity contribution < 1.29 is 9.90 Å². The van der Waals surface area contributed by atoms with Crippen molar-refractivity contribution in [3.8, 4) is 0 Å². The standard InChI is InChI=1S/C9H17NO2/c1-7(2)5-9(12)10-4-3-8(11)6-10/h7-8,11H,3-6H2,1-2H3/t8-/m0/s1. The molecule has 0 bridgehead atoms. The van der Waals surface area contributed by atoms with Crippen molar-refractivity contribution in [3.05, 3.63) is 0 Å². The maximum absolute atomic E-state index is 11.4. The highest BCUT2D eigenvalue weighted by atomic mass is 16.3. The summed E-state index contributed by atoms with van der Waals surface area (Å²) in [6.07, 6.45) is 1.05. The second kappa shape index (κ2) is 3.90. The van der Waals surface area contributed by atoms with Crippen molar-refractivity contribution in [2.75, 3.05) is 13.1 Å². The fourth-order valence-corrected chi connectivity index (χ4v) is 1.45. The van der Waals surface area contributed by atoms with Crippen LogP contribution in [0.5, 0.6) is 0 Å². The second-order valence-corrected chi connectivity index (χ2v) is 3.88. The van der Waals surface area contributed by atoms with Gasteiger partial charge < -0.3 is 10.0 Å². The number of nitrogens with zero attached hydrogens (tertiary/aromatic N) is 1. The summed E-state index contributed by atoms with van der Waals surface area (Å²) >= 11 is 0. The summed E-state index contributed by atoms with van der Waals surface area (Å²) in [5.74, 6) is 0.594. The van der Waals surface area contributed by atoms with Crippen LogP contribution >= 0.6 is 0 Å². The van der Waals surface area contributed by atoms with Gasteiger partial charge in [0.15, 0.2) is 0 Å². The van der Waals surface area contributed by atoms with Gasteiger partial charge in [0.25, 0.3) is 0 Å². The Labute approximate surface area is 73.4 Å². The van der Waals surface area contributed by atoms with Crippen LogP contribution in [0.4, 0.5) is 0 Å². The Bertz CT molecular complexity index is 168. The predicted octanol–water partition coefficient (Wildman–Crippen LogP) is 0.626. The van der Waals surface area contributed by atoms with Crippen LogP contribution in [0.2, 0.25) is 0 Å². The minimum atomic E-state index is -0.291. The Hall–Kier alpha value is -0.570. The molecule has 0 spiro atoms. The monoisotopic (exact) mass is 171 g/mol. The normalized spacial score (nSPS) is 23.7. The van der Waals surface area contributed by atoms with Gasteiger partial charge in [-0.05, 0) is 12.3 Å². The third-order valence-corrected chi connectivity index (χ3v) is 2.10. The highest BCUT2D eigenvalue weighted by molar-refractivity contribution is 5.76. The summed E-state index contributed by atoms with van der Waals surface area (Å²) in [4.78, 5) is 13.2. The van der Waals surface area contributed by atoms with E-state index in [-0.39, 0.29) is 12.0 Å². The van der Waals surface area contributed by atoms with Gasteiger partial charge in [0, 0.05) is 19.5 Å². The minimum absolute atomic E-state index is 0.182. The van der Waals surface area contributed by atoms with Crippen LogP contribution in [0.1, 0.15) is 26.7 Å². The number of β-amino-alcohol motifs (C(OH)–C–C–N with tert-alkyl or cyclic N) is 1. The zero-order valence-electron chi connectivity index (χ0n) is 7.79. The van der Waals surface area contributed by atoms with E-state index in [4.69, 9.17) is 0 Å². The van der Waals surface area contributed by atoms with E-state index in [0.29, 0.717) is 18.9 Å². The van der Waals surface area contributed by atoms with Gasteiger partial charge in [0.05, 0.1) is 6.10 Å². The average molecular weight is 171 g/mol. The fraction of sp³-hybridized carbons (Fsp3) is 0.889. The van der Waals surface area contributed by atoms with E-state index < -0.39 is 0 Å². The van der Waals surface area contributed by atoms with E-state index in [9.17, 15) is 9.90 Å². The fourth-order valence-electron chi connectivity index (χ4n) is 1.45. The molecule has 1 fully saturated rings. The molecule has 0 aromatic rings. The van der Waals surface area contributed by atoms with Gasteiger partial charge in [0.2, 0.25) is 5.91 Å². The SMILES string of the molecule is CC(C)CC(=O)N1CC[C@H](O)C1. The number of rotatable bonds is 2. The van der Waals surface area contributed by atoms with E-state index in [1.54, 1.807) is 4.90 Å². The molecule has 70 valence electrons. The maximum Gasteiger partial charge on any atom is 0.222 e. The zero-order valence-corrected chi connectivity index (χ0v) is 7.79. The Morgan fingerprint density at radius 1 is 1.67 bits per heavy atom. The molecular formula is C9H17NO2. The van der Waals surface area contributed by atoms with Crippen LogP contribution in [0.3, 0.4) is 0 Å². The molecule has 1 heterocycles. The molecule has 1 aliphatic rings. The first kappa shape index (κ1) is 9.52. The molecule has 0 unspecified atom stereocenters. The van der Waals surface area contributed by atoms with Crippen molar-refractivity contribution >= 4 is 5.91 Å². The number of likely N-dealkylation sites (tertiary alicyclic amines) is 1. The Kier molecular flexibility index (Phi) is 3.09. The van der Waals surface area contributed by atoms with Crippen molar-refractivity contribution in [3.63, 3.8) is 0 Å². The summed E-state index contributed by atoms with van der Waals surface area (Å²) in [5, 5.41) is 9.19.